The molecule has 0 fully saturated rings. The quantitative estimate of drug-likeness (QED) is 0.725. The fourth-order valence-corrected chi connectivity index (χ4v) is 1.74. The zero-order chi connectivity index (χ0) is 13.1. The number of H-pyrrole nitrogens is 1. The van der Waals surface area contributed by atoms with Gasteiger partial charge in [-0.3, -0.25) is 9.78 Å². The van der Waals surface area contributed by atoms with E-state index >= 15 is 0 Å². The van der Waals surface area contributed by atoms with Crippen LogP contribution in [0.15, 0.2) is 27.4 Å². The molecule has 18 heavy (non-hydrogen) atoms. The second-order valence-corrected chi connectivity index (χ2v) is 4.07. The number of carbonyl (C=O) groups excluding carboxylic acids is 1. The maximum Gasteiger partial charge on any atom is 0.417 e. The molecule has 1 unspecified atom stereocenters. The average Bonchev–Trinajstić information content (AvgIpc) is 2.73. The fourth-order valence-electron chi connectivity index (χ4n) is 1.74. The van der Waals surface area contributed by atoms with Gasteiger partial charge < -0.3 is 15.5 Å². The van der Waals surface area contributed by atoms with Crippen molar-refractivity contribution in [2.45, 2.75) is 12.8 Å². The first-order valence-electron chi connectivity index (χ1n) is 5.72. The maximum absolute atomic E-state index is 11.8. The molecule has 6 heteroatoms. The third kappa shape index (κ3) is 2.43. The van der Waals surface area contributed by atoms with Crippen LogP contribution in [0.1, 0.15) is 18.4 Å². The van der Waals surface area contributed by atoms with Crippen LogP contribution < -0.4 is 16.8 Å². The molecule has 4 N–H and O–H groups in total. The molecule has 6 nitrogen and oxygen atoms in total. The Morgan fingerprint density at radius 1 is 1.56 bits per heavy atom. The third-order valence-electron chi connectivity index (χ3n) is 2.78. The normalized spacial score (nSPS) is 12.6. The summed E-state index contributed by atoms with van der Waals surface area (Å²) < 4.78 is 4.90. The largest absolute Gasteiger partial charge is 0.417 e. The average molecular weight is 249 g/mol. The number of benzene rings is 1. The molecule has 1 heterocycles. The Kier molecular flexibility index (Phi) is 3.47. The Morgan fingerprint density at radius 3 is 3.06 bits per heavy atom. The molecule has 1 atom stereocenters. The Bertz CT molecular complexity index is 614. The number of nitrogens with one attached hydrogen (secondary N) is 2. The molecule has 0 aliphatic carbocycles. The summed E-state index contributed by atoms with van der Waals surface area (Å²) in [5, 5.41) is 2.72. The molecule has 0 aliphatic rings. The number of rotatable bonds is 4. The molecule has 2 rings (SSSR count). The van der Waals surface area contributed by atoms with Gasteiger partial charge in [0.1, 0.15) is 0 Å². The standard InChI is InChI=1S/C12H15N3O3/c1-7(11(16)14-5-4-13)8-2-3-10-9(6-8)15-12(17)18-10/h2-3,6-7H,4-5,13H2,1H3,(H,14,16)(H,15,17). The van der Waals surface area contributed by atoms with Crippen LogP contribution in [-0.2, 0) is 4.79 Å². The van der Waals surface area contributed by atoms with E-state index in [2.05, 4.69) is 10.3 Å². The molecule has 0 radical (unpaired) electrons. The first-order valence-corrected chi connectivity index (χ1v) is 5.72. The van der Waals surface area contributed by atoms with Crippen LogP contribution in [0, 0.1) is 0 Å². The zero-order valence-corrected chi connectivity index (χ0v) is 10.0. The number of hydrogen-bond donors (Lipinski definition) is 3. The summed E-state index contributed by atoms with van der Waals surface area (Å²) in [6.45, 7) is 2.66. The number of nitrogens with two attached hydrogens (primary N) is 1. The second kappa shape index (κ2) is 5.05. The van der Waals surface area contributed by atoms with Crippen LogP contribution in [0.4, 0.5) is 0 Å². The van der Waals surface area contributed by atoms with Crippen molar-refractivity contribution in [1.29, 1.82) is 0 Å². The van der Waals surface area contributed by atoms with Crippen LogP contribution >= 0.6 is 0 Å². The lowest BCUT2D eigenvalue weighted by Crippen LogP contribution is -2.32. The number of fused-ring (bicyclic) bond motifs is 1. The minimum Gasteiger partial charge on any atom is -0.408 e. The molecule has 0 aliphatic heterocycles. The van der Waals surface area contributed by atoms with Gasteiger partial charge >= 0.3 is 5.76 Å². The van der Waals surface area contributed by atoms with Gasteiger partial charge in [-0.15, -0.1) is 0 Å². The van der Waals surface area contributed by atoms with Gasteiger partial charge in [0.25, 0.3) is 0 Å². The van der Waals surface area contributed by atoms with Crippen LogP contribution in [0.25, 0.3) is 11.1 Å². The van der Waals surface area contributed by atoms with Gasteiger partial charge in [0.15, 0.2) is 5.58 Å². The summed E-state index contributed by atoms with van der Waals surface area (Å²) in [7, 11) is 0. The summed E-state index contributed by atoms with van der Waals surface area (Å²) in [6.07, 6.45) is 0. The van der Waals surface area contributed by atoms with E-state index < -0.39 is 5.76 Å². The van der Waals surface area contributed by atoms with E-state index in [1.807, 2.05) is 0 Å². The molecule has 0 saturated carbocycles. The minimum absolute atomic E-state index is 0.0920. The smallest absolute Gasteiger partial charge is 0.408 e. The van der Waals surface area contributed by atoms with Crippen molar-refractivity contribution >= 4 is 17.0 Å². The maximum atomic E-state index is 11.8. The van der Waals surface area contributed by atoms with E-state index in [0.29, 0.717) is 24.2 Å². The number of amides is 1. The van der Waals surface area contributed by atoms with Gasteiger partial charge in [0.2, 0.25) is 5.91 Å². The summed E-state index contributed by atoms with van der Waals surface area (Å²) >= 11 is 0. The van der Waals surface area contributed by atoms with E-state index in [-0.39, 0.29) is 11.8 Å². The van der Waals surface area contributed by atoms with E-state index in [4.69, 9.17) is 10.2 Å². The van der Waals surface area contributed by atoms with Crippen molar-refractivity contribution in [2.75, 3.05) is 13.1 Å². The Morgan fingerprint density at radius 2 is 2.33 bits per heavy atom. The lowest BCUT2D eigenvalue weighted by Gasteiger charge is -2.11. The summed E-state index contributed by atoms with van der Waals surface area (Å²) in [5.41, 5.74) is 7.22. The summed E-state index contributed by atoms with van der Waals surface area (Å²) in [4.78, 5) is 25.4. The van der Waals surface area contributed by atoms with Gasteiger partial charge in [-0.2, -0.15) is 0 Å². The molecule has 96 valence electrons. The van der Waals surface area contributed by atoms with Crippen LogP contribution in [0.3, 0.4) is 0 Å². The van der Waals surface area contributed by atoms with E-state index in [1.54, 1.807) is 25.1 Å². The topological polar surface area (TPSA) is 101 Å². The summed E-state index contributed by atoms with van der Waals surface area (Å²) in [5.74, 6) is -0.896. The molecular formula is C12H15N3O3. The molecule has 1 aromatic heterocycles. The zero-order valence-electron chi connectivity index (χ0n) is 10.0. The first-order chi connectivity index (χ1) is 8.61. The first kappa shape index (κ1) is 12.4. The Labute approximate surface area is 103 Å². The number of aromatic nitrogens is 1. The van der Waals surface area contributed by atoms with E-state index in [0.717, 1.165) is 5.56 Å². The van der Waals surface area contributed by atoms with Crippen molar-refractivity contribution in [2.24, 2.45) is 5.73 Å². The van der Waals surface area contributed by atoms with Gasteiger partial charge in [-0.05, 0) is 24.6 Å². The molecule has 0 spiro atoms. The lowest BCUT2D eigenvalue weighted by molar-refractivity contribution is -0.122. The third-order valence-corrected chi connectivity index (χ3v) is 2.78. The van der Waals surface area contributed by atoms with Crippen molar-refractivity contribution in [3.05, 3.63) is 34.3 Å². The monoisotopic (exact) mass is 249 g/mol. The Hall–Kier alpha value is -2.08. The number of hydrogen-bond acceptors (Lipinski definition) is 4. The SMILES string of the molecule is CC(C(=O)NCCN)c1ccc2oc(=O)[nH]c2c1. The molecule has 0 saturated heterocycles. The van der Waals surface area contributed by atoms with Gasteiger partial charge in [-0.1, -0.05) is 6.07 Å². The van der Waals surface area contributed by atoms with E-state index in [1.165, 1.54) is 0 Å². The lowest BCUT2D eigenvalue weighted by atomic mass is 10.00. The highest BCUT2D eigenvalue weighted by Crippen LogP contribution is 2.19. The van der Waals surface area contributed by atoms with Gasteiger partial charge in [-0.25, -0.2) is 4.79 Å². The molecule has 1 aromatic carbocycles. The van der Waals surface area contributed by atoms with Crippen molar-refractivity contribution in [1.82, 2.24) is 10.3 Å². The second-order valence-electron chi connectivity index (χ2n) is 4.07. The van der Waals surface area contributed by atoms with Crippen LogP contribution in [-0.4, -0.2) is 24.0 Å². The predicted octanol–water partition coefficient (Wildman–Crippen LogP) is 0.299. The predicted molar refractivity (Wildman–Crippen MR) is 67.3 cm³/mol. The molecule has 0 bridgehead atoms. The van der Waals surface area contributed by atoms with Gasteiger partial charge in [0.05, 0.1) is 11.4 Å². The Balaban J connectivity index is 2.24. The highest BCUT2D eigenvalue weighted by molar-refractivity contribution is 5.84. The van der Waals surface area contributed by atoms with Crippen LogP contribution in [0.5, 0.6) is 0 Å². The van der Waals surface area contributed by atoms with Gasteiger partial charge in [0, 0.05) is 13.1 Å². The number of carbonyl (C=O) groups is 1. The summed E-state index contributed by atoms with van der Waals surface area (Å²) in [6, 6.07) is 5.19. The molecular weight excluding hydrogens is 234 g/mol. The van der Waals surface area contributed by atoms with E-state index in [9.17, 15) is 9.59 Å². The number of oxazole rings is 1. The highest BCUT2D eigenvalue weighted by atomic mass is 16.4. The molecule has 2 aromatic rings. The van der Waals surface area contributed by atoms with Crippen molar-refractivity contribution < 1.29 is 9.21 Å². The van der Waals surface area contributed by atoms with Crippen LogP contribution in [0.2, 0.25) is 0 Å². The van der Waals surface area contributed by atoms with Crippen molar-refractivity contribution in [3.63, 3.8) is 0 Å². The van der Waals surface area contributed by atoms with Crippen molar-refractivity contribution in [3.8, 4) is 0 Å². The molecule has 1 amide bonds. The number of aromatic amines is 1. The highest BCUT2D eigenvalue weighted by Gasteiger charge is 2.15. The fraction of sp³-hybridized carbons (Fsp3) is 0.333. The minimum atomic E-state index is -0.498.